The zero-order chi connectivity index (χ0) is 15.3. The summed E-state index contributed by atoms with van der Waals surface area (Å²) < 4.78 is 0. The second-order valence-electron chi connectivity index (χ2n) is 8.94. The van der Waals surface area contributed by atoms with Gasteiger partial charge in [0.25, 0.3) is 0 Å². The standard InChI is InChI=1S/C21H32O/c1-3-5-14-7-10-19(22)20-15(14)8-9-16-17(20)11-13-21(2)12-4-6-18(16)21/h3,10,14-18,20,22H,1,4-9,11-13H2,2H3/t14?,15?,16-,17+,18+,20+,21+/m1/s1. The Labute approximate surface area is 135 Å². The molecule has 0 spiro atoms. The van der Waals surface area contributed by atoms with Gasteiger partial charge in [0.1, 0.15) is 0 Å². The van der Waals surface area contributed by atoms with Gasteiger partial charge in [-0.2, -0.15) is 0 Å². The van der Waals surface area contributed by atoms with Gasteiger partial charge in [0.15, 0.2) is 0 Å². The van der Waals surface area contributed by atoms with Crippen molar-refractivity contribution in [1.29, 1.82) is 0 Å². The van der Waals surface area contributed by atoms with Gasteiger partial charge in [0.2, 0.25) is 0 Å². The van der Waals surface area contributed by atoms with E-state index in [1.165, 1.54) is 44.9 Å². The van der Waals surface area contributed by atoms with Crippen molar-refractivity contribution in [2.75, 3.05) is 0 Å². The molecule has 22 heavy (non-hydrogen) atoms. The molecule has 1 heteroatoms. The Hall–Kier alpha value is -0.720. The second kappa shape index (κ2) is 5.42. The first-order chi connectivity index (χ1) is 10.6. The molecule has 0 saturated heterocycles. The van der Waals surface area contributed by atoms with Gasteiger partial charge in [-0.3, -0.25) is 0 Å². The molecule has 0 amide bonds. The van der Waals surface area contributed by atoms with Crippen LogP contribution in [0.5, 0.6) is 0 Å². The van der Waals surface area contributed by atoms with E-state index >= 15 is 0 Å². The van der Waals surface area contributed by atoms with Crippen LogP contribution in [0, 0.1) is 40.9 Å². The molecule has 122 valence electrons. The third kappa shape index (κ3) is 2.11. The fourth-order valence-corrected chi connectivity index (χ4v) is 7.09. The molecule has 0 aromatic carbocycles. The van der Waals surface area contributed by atoms with Crippen LogP contribution in [0.25, 0.3) is 0 Å². The Balaban J connectivity index is 1.62. The average Bonchev–Trinajstić information content (AvgIpc) is 2.91. The molecule has 2 unspecified atom stereocenters. The summed E-state index contributed by atoms with van der Waals surface area (Å²) >= 11 is 0. The predicted octanol–water partition coefficient (Wildman–Crippen LogP) is 5.88. The average molecular weight is 300 g/mol. The number of hydrogen-bond acceptors (Lipinski definition) is 1. The molecule has 0 radical (unpaired) electrons. The van der Waals surface area contributed by atoms with Gasteiger partial charge in [-0.1, -0.05) is 19.4 Å². The summed E-state index contributed by atoms with van der Waals surface area (Å²) in [6, 6.07) is 0. The largest absolute Gasteiger partial charge is 0.512 e. The molecule has 0 aliphatic heterocycles. The van der Waals surface area contributed by atoms with Crippen LogP contribution in [0.2, 0.25) is 0 Å². The van der Waals surface area contributed by atoms with Crippen LogP contribution >= 0.6 is 0 Å². The number of aliphatic hydroxyl groups is 1. The van der Waals surface area contributed by atoms with Crippen LogP contribution < -0.4 is 0 Å². The van der Waals surface area contributed by atoms with Crippen molar-refractivity contribution in [3.05, 3.63) is 24.5 Å². The molecule has 0 aromatic heterocycles. The van der Waals surface area contributed by atoms with Gasteiger partial charge < -0.3 is 5.11 Å². The number of fused-ring (bicyclic) bond motifs is 5. The van der Waals surface area contributed by atoms with Crippen LogP contribution in [0.3, 0.4) is 0 Å². The predicted molar refractivity (Wildman–Crippen MR) is 91.5 cm³/mol. The summed E-state index contributed by atoms with van der Waals surface area (Å²) in [5, 5.41) is 10.7. The number of allylic oxidation sites excluding steroid dienone is 3. The molecule has 0 heterocycles. The van der Waals surface area contributed by atoms with Crippen LogP contribution in [0.1, 0.15) is 64.7 Å². The summed E-state index contributed by atoms with van der Waals surface area (Å²) in [5.41, 5.74) is 0.628. The molecule has 0 aromatic rings. The van der Waals surface area contributed by atoms with Crippen molar-refractivity contribution in [3.8, 4) is 0 Å². The molecule has 4 aliphatic rings. The fraction of sp³-hybridized carbons (Fsp3) is 0.810. The van der Waals surface area contributed by atoms with E-state index in [0.29, 0.717) is 11.3 Å². The lowest BCUT2D eigenvalue weighted by molar-refractivity contribution is -0.0528. The van der Waals surface area contributed by atoms with Crippen LogP contribution in [-0.2, 0) is 0 Å². The molecule has 3 saturated carbocycles. The van der Waals surface area contributed by atoms with Gasteiger partial charge >= 0.3 is 0 Å². The Morgan fingerprint density at radius 1 is 1.18 bits per heavy atom. The van der Waals surface area contributed by atoms with E-state index in [0.717, 1.165) is 48.2 Å². The molecule has 1 nitrogen and oxygen atoms in total. The maximum absolute atomic E-state index is 10.7. The van der Waals surface area contributed by atoms with Crippen molar-refractivity contribution >= 4 is 0 Å². The quantitative estimate of drug-likeness (QED) is 0.631. The van der Waals surface area contributed by atoms with Crippen molar-refractivity contribution in [3.63, 3.8) is 0 Å². The minimum absolute atomic E-state index is 0.475. The smallest absolute Gasteiger partial charge is 0.0919 e. The van der Waals surface area contributed by atoms with Crippen molar-refractivity contribution in [2.24, 2.45) is 40.9 Å². The van der Waals surface area contributed by atoms with E-state index < -0.39 is 0 Å². The maximum atomic E-state index is 10.7. The highest BCUT2D eigenvalue weighted by Gasteiger charge is 2.54. The van der Waals surface area contributed by atoms with Crippen molar-refractivity contribution < 1.29 is 5.11 Å². The molecule has 3 fully saturated rings. The molecular weight excluding hydrogens is 268 g/mol. The summed E-state index contributed by atoms with van der Waals surface area (Å²) in [7, 11) is 0. The van der Waals surface area contributed by atoms with Gasteiger partial charge in [-0.15, -0.1) is 6.58 Å². The van der Waals surface area contributed by atoms with E-state index in [1.54, 1.807) is 0 Å². The second-order valence-corrected chi connectivity index (χ2v) is 8.94. The monoisotopic (exact) mass is 300 g/mol. The maximum Gasteiger partial charge on any atom is 0.0919 e. The number of rotatable bonds is 2. The lowest BCUT2D eigenvalue weighted by atomic mass is 9.50. The minimum Gasteiger partial charge on any atom is -0.512 e. The fourth-order valence-electron chi connectivity index (χ4n) is 7.09. The van der Waals surface area contributed by atoms with Gasteiger partial charge in [-0.25, -0.2) is 0 Å². The van der Waals surface area contributed by atoms with Crippen molar-refractivity contribution in [1.82, 2.24) is 0 Å². The molecule has 0 bridgehead atoms. The zero-order valence-electron chi connectivity index (χ0n) is 14.1. The summed E-state index contributed by atoms with van der Waals surface area (Å²) in [6.45, 7) is 6.52. The third-order valence-electron chi connectivity index (χ3n) is 8.08. The first kappa shape index (κ1) is 14.8. The molecule has 7 atom stereocenters. The van der Waals surface area contributed by atoms with Crippen molar-refractivity contribution in [2.45, 2.75) is 64.7 Å². The summed E-state index contributed by atoms with van der Waals surface area (Å²) in [5.74, 6) is 5.27. The van der Waals surface area contributed by atoms with E-state index in [9.17, 15) is 5.11 Å². The van der Waals surface area contributed by atoms with Crippen LogP contribution in [-0.4, -0.2) is 5.11 Å². The molecule has 4 aliphatic carbocycles. The van der Waals surface area contributed by atoms with E-state index in [2.05, 4.69) is 25.7 Å². The molecular formula is C21H32O. The van der Waals surface area contributed by atoms with E-state index in [-0.39, 0.29) is 0 Å². The molecule has 4 rings (SSSR count). The first-order valence-electron chi connectivity index (χ1n) is 9.64. The van der Waals surface area contributed by atoms with Gasteiger partial charge in [-0.05, 0) is 92.4 Å². The zero-order valence-corrected chi connectivity index (χ0v) is 14.1. The lowest BCUT2D eigenvalue weighted by Gasteiger charge is -2.55. The van der Waals surface area contributed by atoms with Crippen LogP contribution in [0.15, 0.2) is 24.5 Å². The molecule has 1 N–H and O–H groups in total. The third-order valence-corrected chi connectivity index (χ3v) is 8.08. The topological polar surface area (TPSA) is 20.2 Å². The Bertz CT molecular complexity index is 478. The SMILES string of the molecule is C=CCC1CC=C(O)[C@H]2C1CC[C@@H]1[C@@H]2CC[C@]2(C)CCC[C@@H]12. The number of hydrogen-bond donors (Lipinski definition) is 1. The van der Waals surface area contributed by atoms with Gasteiger partial charge in [0.05, 0.1) is 5.76 Å². The van der Waals surface area contributed by atoms with Gasteiger partial charge in [0, 0.05) is 5.92 Å². The first-order valence-corrected chi connectivity index (χ1v) is 9.64. The highest BCUT2D eigenvalue weighted by atomic mass is 16.3. The van der Waals surface area contributed by atoms with E-state index in [1.807, 2.05) is 0 Å². The van der Waals surface area contributed by atoms with E-state index in [4.69, 9.17) is 0 Å². The number of aliphatic hydroxyl groups excluding tert-OH is 1. The Morgan fingerprint density at radius 3 is 2.82 bits per heavy atom. The summed E-state index contributed by atoms with van der Waals surface area (Å²) in [4.78, 5) is 0. The minimum atomic E-state index is 0.475. The normalized spacial score (nSPS) is 50.5. The Morgan fingerprint density at radius 2 is 2.00 bits per heavy atom. The highest BCUT2D eigenvalue weighted by molar-refractivity contribution is 5.14. The summed E-state index contributed by atoms with van der Waals surface area (Å²) in [6.07, 6.45) is 16.3. The Kier molecular flexibility index (Phi) is 3.66. The highest BCUT2D eigenvalue weighted by Crippen LogP contribution is 2.63. The lowest BCUT2D eigenvalue weighted by Crippen LogP contribution is -2.48. The van der Waals surface area contributed by atoms with Crippen LogP contribution in [0.4, 0.5) is 0 Å².